The number of thioether (sulfide) groups is 1. The first-order valence-electron chi connectivity index (χ1n) is 6.01. The highest BCUT2D eigenvalue weighted by atomic mass is 32.2. The molecule has 1 fully saturated rings. The molecule has 3 heterocycles. The van der Waals surface area contributed by atoms with E-state index in [0.29, 0.717) is 16.2 Å². The Bertz CT molecular complexity index is 621. The van der Waals surface area contributed by atoms with E-state index in [1.165, 1.54) is 24.4 Å². The van der Waals surface area contributed by atoms with Gasteiger partial charge in [0.2, 0.25) is 0 Å². The highest BCUT2D eigenvalue weighted by Crippen LogP contribution is 2.33. The van der Waals surface area contributed by atoms with Gasteiger partial charge in [-0.25, -0.2) is 15.0 Å². The molecule has 0 radical (unpaired) electrons. The Kier molecular flexibility index (Phi) is 3.61. The maximum Gasteiger partial charge on any atom is 0.182 e. The lowest BCUT2D eigenvalue weighted by molar-refractivity contribution is -0.0510. The summed E-state index contributed by atoms with van der Waals surface area (Å²) in [6, 6.07) is 0. The summed E-state index contributed by atoms with van der Waals surface area (Å²) in [5.41, 5.74) is 1.12. The third-order valence-electron chi connectivity index (χ3n) is 3.32. The van der Waals surface area contributed by atoms with E-state index in [0.717, 1.165) is 0 Å². The molecule has 0 unspecified atom stereocenters. The first-order chi connectivity index (χ1) is 9.67. The van der Waals surface area contributed by atoms with E-state index in [-0.39, 0.29) is 6.61 Å². The van der Waals surface area contributed by atoms with Crippen molar-refractivity contribution < 1.29 is 20.1 Å². The van der Waals surface area contributed by atoms with Gasteiger partial charge >= 0.3 is 0 Å². The second-order valence-electron chi connectivity index (χ2n) is 4.44. The van der Waals surface area contributed by atoms with Crippen LogP contribution >= 0.6 is 11.8 Å². The Labute approximate surface area is 118 Å². The lowest BCUT2D eigenvalue weighted by Crippen LogP contribution is -2.33. The van der Waals surface area contributed by atoms with Crippen molar-refractivity contribution in [1.29, 1.82) is 0 Å². The van der Waals surface area contributed by atoms with Crippen molar-refractivity contribution in [3.8, 4) is 0 Å². The van der Waals surface area contributed by atoms with Gasteiger partial charge in [-0.05, 0) is 6.26 Å². The molecule has 2 aromatic heterocycles. The fourth-order valence-corrected chi connectivity index (χ4v) is 2.84. The zero-order chi connectivity index (χ0) is 14.3. The number of aromatic nitrogens is 4. The molecule has 108 valence electrons. The van der Waals surface area contributed by atoms with Gasteiger partial charge in [-0.2, -0.15) is 0 Å². The zero-order valence-electron chi connectivity index (χ0n) is 10.6. The maximum atomic E-state index is 10.1. The van der Waals surface area contributed by atoms with Crippen molar-refractivity contribution in [2.75, 3.05) is 12.9 Å². The van der Waals surface area contributed by atoms with E-state index in [2.05, 4.69) is 15.0 Å². The van der Waals surface area contributed by atoms with Crippen LogP contribution in [0.1, 0.15) is 6.23 Å². The molecule has 3 N–H and O–H groups in total. The predicted octanol–water partition coefficient (Wildman–Crippen LogP) is -0.840. The van der Waals surface area contributed by atoms with Crippen LogP contribution in [0, 0.1) is 0 Å². The second kappa shape index (κ2) is 5.26. The average molecular weight is 298 g/mol. The summed E-state index contributed by atoms with van der Waals surface area (Å²) in [5.74, 6) is 0. The molecule has 8 nitrogen and oxygen atoms in total. The number of imidazole rings is 1. The third-order valence-corrected chi connectivity index (χ3v) is 4.00. The minimum Gasteiger partial charge on any atom is -0.394 e. The number of rotatable bonds is 3. The number of aliphatic hydroxyl groups excluding tert-OH is 3. The molecular weight excluding hydrogens is 284 g/mol. The summed E-state index contributed by atoms with van der Waals surface area (Å²) in [5, 5.41) is 29.7. The number of nitrogens with zero attached hydrogens (tertiary/aromatic N) is 4. The molecule has 1 aliphatic heterocycles. The van der Waals surface area contributed by atoms with Gasteiger partial charge in [0.1, 0.15) is 35.2 Å². The first kappa shape index (κ1) is 13.7. The van der Waals surface area contributed by atoms with Gasteiger partial charge in [-0.3, -0.25) is 4.57 Å². The highest BCUT2D eigenvalue weighted by Gasteiger charge is 2.44. The van der Waals surface area contributed by atoms with Crippen LogP contribution in [0.2, 0.25) is 0 Å². The summed E-state index contributed by atoms with van der Waals surface area (Å²) < 4.78 is 7.08. The number of ether oxygens (including phenoxy) is 1. The van der Waals surface area contributed by atoms with Crippen LogP contribution in [0.3, 0.4) is 0 Å². The Morgan fingerprint density at radius 1 is 1.30 bits per heavy atom. The molecule has 20 heavy (non-hydrogen) atoms. The molecule has 9 heteroatoms. The van der Waals surface area contributed by atoms with Gasteiger partial charge in [0.15, 0.2) is 11.9 Å². The molecule has 1 saturated heterocycles. The summed E-state index contributed by atoms with van der Waals surface area (Å²) in [6.07, 6.45) is 0.821. The minimum absolute atomic E-state index is 0.368. The van der Waals surface area contributed by atoms with Crippen molar-refractivity contribution in [3.63, 3.8) is 0 Å². The van der Waals surface area contributed by atoms with Crippen molar-refractivity contribution in [1.82, 2.24) is 19.5 Å². The van der Waals surface area contributed by atoms with Gasteiger partial charge in [-0.1, -0.05) is 0 Å². The fraction of sp³-hybridized carbons (Fsp3) is 0.545. The molecule has 0 bridgehead atoms. The Morgan fingerprint density at radius 3 is 2.75 bits per heavy atom. The number of hydrogen-bond donors (Lipinski definition) is 3. The fourth-order valence-electron chi connectivity index (χ4n) is 2.30. The van der Waals surface area contributed by atoms with E-state index in [4.69, 9.17) is 9.84 Å². The van der Waals surface area contributed by atoms with Crippen molar-refractivity contribution in [2.45, 2.75) is 29.6 Å². The SMILES string of the molecule is CSc1ncnc2ncn([C@@H]3O[C@H](CO)[C@@H](O)[C@H]3O)c12. The summed E-state index contributed by atoms with van der Waals surface area (Å²) in [7, 11) is 0. The summed E-state index contributed by atoms with van der Waals surface area (Å²) in [6.45, 7) is -0.368. The monoisotopic (exact) mass is 298 g/mol. The van der Waals surface area contributed by atoms with Crippen LogP contribution in [0.15, 0.2) is 17.7 Å². The molecule has 0 aromatic carbocycles. The molecule has 0 amide bonds. The number of aliphatic hydroxyl groups is 3. The van der Waals surface area contributed by atoms with Gasteiger partial charge < -0.3 is 20.1 Å². The molecule has 3 rings (SSSR count). The van der Waals surface area contributed by atoms with Crippen molar-refractivity contribution in [2.24, 2.45) is 0 Å². The quantitative estimate of drug-likeness (QED) is 0.496. The molecule has 0 spiro atoms. The van der Waals surface area contributed by atoms with Crippen LogP contribution in [-0.2, 0) is 4.74 Å². The first-order valence-corrected chi connectivity index (χ1v) is 7.23. The molecule has 2 aromatic rings. The molecule has 1 aliphatic rings. The van der Waals surface area contributed by atoms with Gasteiger partial charge in [0, 0.05) is 0 Å². The minimum atomic E-state index is -1.15. The van der Waals surface area contributed by atoms with Gasteiger partial charge in [-0.15, -0.1) is 11.8 Å². The van der Waals surface area contributed by atoms with Gasteiger partial charge in [0.05, 0.1) is 12.9 Å². The number of hydrogen-bond acceptors (Lipinski definition) is 8. The lowest BCUT2D eigenvalue weighted by Gasteiger charge is -2.17. The largest absolute Gasteiger partial charge is 0.394 e. The third kappa shape index (κ3) is 1.98. The summed E-state index contributed by atoms with van der Waals surface area (Å²) >= 11 is 1.42. The van der Waals surface area contributed by atoms with Gasteiger partial charge in [0.25, 0.3) is 0 Å². The van der Waals surface area contributed by atoms with E-state index in [1.807, 2.05) is 6.26 Å². The van der Waals surface area contributed by atoms with Crippen LogP contribution in [-0.4, -0.2) is 66.0 Å². The Balaban J connectivity index is 2.07. The van der Waals surface area contributed by atoms with Crippen LogP contribution in [0.4, 0.5) is 0 Å². The zero-order valence-corrected chi connectivity index (χ0v) is 11.4. The average Bonchev–Trinajstić information content (AvgIpc) is 3.01. The van der Waals surface area contributed by atoms with E-state index in [1.54, 1.807) is 4.57 Å². The van der Waals surface area contributed by atoms with Crippen LogP contribution in [0.5, 0.6) is 0 Å². The van der Waals surface area contributed by atoms with Crippen LogP contribution < -0.4 is 0 Å². The predicted molar refractivity (Wildman–Crippen MR) is 70.1 cm³/mol. The second-order valence-corrected chi connectivity index (χ2v) is 5.23. The van der Waals surface area contributed by atoms with E-state index < -0.39 is 24.5 Å². The normalized spacial score (nSPS) is 30.2. The van der Waals surface area contributed by atoms with Crippen molar-refractivity contribution >= 4 is 22.9 Å². The topological polar surface area (TPSA) is 114 Å². The molecule has 0 saturated carbocycles. The van der Waals surface area contributed by atoms with Crippen molar-refractivity contribution in [3.05, 3.63) is 12.7 Å². The lowest BCUT2D eigenvalue weighted by atomic mass is 10.1. The van der Waals surface area contributed by atoms with E-state index >= 15 is 0 Å². The van der Waals surface area contributed by atoms with E-state index in [9.17, 15) is 10.2 Å². The molecular formula is C11H14N4O4S. The Morgan fingerprint density at radius 2 is 2.10 bits per heavy atom. The smallest absolute Gasteiger partial charge is 0.182 e. The summed E-state index contributed by atoms with van der Waals surface area (Å²) in [4.78, 5) is 12.4. The van der Waals surface area contributed by atoms with Crippen LogP contribution in [0.25, 0.3) is 11.2 Å². The Hall–Kier alpha value is -1.26. The molecule has 4 atom stereocenters. The highest BCUT2D eigenvalue weighted by molar-refractivity contribution is 7.98. The standard InChI is InChI=1S/C11H14N4O4S/c1-20-10-6-9(12-3-13-10)14-4-15(6)11-8(18)7(17)5(2-16)19-11/h3-5,7-8,11,16-18H,2H2,1H3/t5-,7-,8-,11-/m1/s1. The number of fused-ring (bicyclic) bond motifs is 1. The molecule has 0 aliphatic carbocycles. The maximum absolute atomic E-state index is 10.1.